The van der Waals surface area contributed by atoms with E-state index < -0.39 is 0 Å². The zero-order valence-electron chi connectivity index (χ0n) is 6.27. The van der Waals surface area contributed by atoms with Crippen molar-refractivity contribution in [3.05, 3.63) is 0 Å². The molecule has 0 spiro atoms. The van der Waals surface area contributed by atoms with Crippen molar-refractivity contribution in [2.24, 2.45) is 5.92 Å². The summed E-state index contributed by atoms with van der Waals surface area (Å²) in [4.78, 5) is 20.6. The Morgan fingerprint density at radius 2 is 1.82 bits per heavy atom. The summed E-state index contributed by atoms with van der Waals surface area (Å²) in [5, 5.41) is -0.724. The van der Waals surface area contributed by atoms with Crippen LogP contribution in [0, 0.1) is 5.92 Å². The third kappa shape index (κ3) is 7.82. The number of hydrogen-bond acceptors (Lipinski definition) is 2. The van der Waals surface area contributed by atoms with Crippen LogP contribution in [0.15, 0.2) is 0 Å². The normalized spacial score (nSPS) is 12.6. The summed E-state index contributed by atoms with van der Waals surface area (Å²) in [5.74, 6) is 0.141. The van der Waals surface area contributed by atoms with Crippen molar-refractivity contribution in [3.8, 4) is 0 Å². The Hall–Kier alpha value is -0.0800. The van der Waals surface area contributed by atoms with E-state index in [1.54, 1.807) is 0 Å². The fraction of sp³-hybridized carbons (Fsp3) is 0.714. The Morgan fingerprint density at radius 1 is 1.27 bits per heavy atom. The number of rotatable bonds is 5. The predicted molar refractivity (Wildman–Crippen MR) is 44.7 cm³/mol. The van der Waals surface area contributed by atoms with Crippen LogP contribution in [0.5, 0.6) is 0 Å². The second-order valence-electron chi connectivity index (χ2n) is 2.56. The lowest BCUT2D eigenvalue weighted by Gasteiger charge is -2.04. The van der Waals surface area contributed by atoms with Gasteiger partial charge < -0.3 is 0 Å². The van der Waals surface area contributed by atoms with Crippen molar-refractivity contribution < 1.29 is 9.59 Å². The van der Waals surface area contributed by atoms with Crippen molar-refractivity contribution in [1.82, 2.24) is 0 Å². The molecule has 0 aromatic heterocycles. The molecule has 0 aromatic rings. The molecule has 2 nitrogen and oxygen atoms in total. The second-order valence-corrected chi connectivity index (χ2v) is 3.40. The van der Waals surface area contributed by atoms with Crippen molar-refractivity contribution in [1.29, 1.82) is 0 Å². The lowest BCUT2D eigenvalue weighted by atomic mass is 10.0. The van der Waals surface area contributed by atoms with Crippen molar-refractivity contribution in [2.75, 3.05) is 0 Å². The minimum atomic E-state index is -0.362. The summed E-state index contributed by atoms with van der Waals surface area (Å²) in [6, 6.07) is 0. The highest BCUT2D eigenvalue weighted by Crippen LogP contribution is 2.12. The molecule has 0 aliphatic rings. The molecule has 0 unspecified atom stereocenters. The summed E-state index contributed by atoms with van der Waals surface area (Å²) >= 11 is 10.2. The van der Waals surface area contributed by atoms with Gasteiger partial charge >= 0.3 is 0 Å². The first kappa shape index (κ1) is 10.9. The molecule has 0 heterocycles. The standard InChI is InChI=1S/C7H10Cl2O2/c1-5(4-7(9)11)2-3-6(8)10/h5H,2-4H2,1H3/t5-/m1/s1. The van der Waals surface area contributed by atoms with Crippen molar-refractivity contribution in [3.63, 3.8) is 0 Å². The minimum Gasteiger partial charge on any atom is -0.281 e. The maximum atomic E-state index is 10.3. The monoisotopic (exact) mass is 196 g/mol. The third-order valence-corrected chi connectivity index (χ3v) is 1.69. The number of hydrogen-bond donors (Lipinski definition) is 0. The summed E-state index contributed by atoms with van der Waals surface area (Å²) in [6.07, 6.45) is 1.25. The number of halogens is 2. The molecule has 0 bridgehead atoms. The summed E-state index contributed by atoms with van der Waals surface area (Å²) in [5.41, 5.74) is 0. The van der Waals surface area contributed by atoms with E-state index in [4.69, 9.17) is 23.2 Å². The van der Waals surface area contributed by atoms with E-state index in [0.717, 1.165) is 0 Å². The Bertz CT molecular complexity index is 157. The molecule has 0 aliphatic carbocycles. The van der Waals surface area contributed by atoms with Gasteiger partial charge in [0, 0.05) is 12.8 Å². The van der Waals surface area contributed by atoms with E-state index in [1.807, 2.05) is 6.92 Å². The lowest BCUT2D eigenvalue weighted by molar-refractivity contribution is -0.114. The molecule has 0 aromatic carbocycles. The minimum absolute atomic E-state index is 0.141. The van der Waals surface area contributed by atoms with Crippen molar-refractivity contribution >= 4 is 33.7 Å². The molecule has 1 atom stereocenters. The largest absolute Gasteiger partial charge is 0.281 e. The molecule has 0 N–H and O–H groups in total. The van der Waals surface area contributed by atoms with Crippen LogP contribution < -0.4 is 0 Å². The molecule has 11 heavy (non-hydrogen) atoms. The van der Waals surface area contributed by atoms with Gasteiger partial charge in [-0.05, 0) is 35.5 Å². The van der Waals surface area contributed by atoms with Gasteiger partial charge in [0.25, 0.3) is 0 Å². The molecule has 0 fully saturated rings. The first-order valence-electron chi connectivity index (χ1n) is 3.39. The van der Waals surface area contributed by atoms with Crippen LogP contribution >= 0.6 is 23.2 Å². The smallest absolute Gasteiger partial charge is 0.221 e. The molecule has 0 rings (SSSR count). The second kappa shape index (κ2) is 5.56. The van der Waals surface area contributed by atoms with Crippen LogP contribution in [0.1, 0.15) is 26.2 Å². The first-order valence-corrected chi connectivity index (χ1v) is 4.14. The van der Waals surface area contributed by atoms with Crippen LogP contribution in [0.2, 0.25) is 0 Å². The van der Waals surface area contributed by atoms with E-state index in [2.05, 4.69) is 0 Å². The van der Waals surface area contributed by atoms with Gasteiger partial charge in [0.1, 0.15) is 0 Å². The average molecular weight is 197 g/mol. The Labute approximate surface area is 75.9 Å². The van der Waals surface area contributed by atoms with Crippen LogP contribution in [-0.2, 0) is 9.59 Å². The van der Waals surface area contributed by atoms with E-state index in [1.165, 1.54) is 0 Å². The zero-order valence-corrected chi connectivity index (χ0v) is 7.78. The molecule has 0 saturated carbocycles. The van der Waals surface area contributed by atoms with Crippen LogP contribution in [0.3, 0.4) is 0 Å². The third-order valence-electron chi connectivity index (χ3n) is 1.34. The van der Waals surface area contributed by atoms with Gasteiger partial charge in [0.05, 0.1) is 0 Å². The fourth-order valence-electron chi connectivity index (χ4n) is 0.736. The molecule has 0 aliphatic heterocycles. The highest BCUT2D eigenvalue weighted by atomic mass is 35.5. The van der Waals surface area contributed by atoms with E-state index >= 15 is 0 Å². The summed E-state index contributed by atoms with van der Waals surface area (Å²) < 4.78 is 0. The van der Waals surface area contributed by atoms with Gasteiger partial charge in [-0.3, -0.25) is 9.59 Å². The SMILES string of the molecule is C[C@H](CCC(=O)Cl)CC(=O)Cl. The highest BCUT2D eigenvalue weighted by molar-refractivity contribution is 6.63. The van der Waals surface area contributed by atoms with Crippen LogP contribution in [-0.4, -0.2) is 10.5 Å². The number of carbonyl (C=O) groups is 2. The molecule has 0 saturated heterocycles. The van der Waals surface area contributed by atoms with Crippen molar-refractivity contribution in [2.45, 2.75) is 26.2 Å². The van der Waals surface area contributed by atoms with Gasteiger partial charge in [-0.15, -0.1) is 0 Å². The van der Waals surface area contributed by atoms with Gasteiger partial charge in [-0.25, -0.2) is 0 Å². The van der Waals surface area contributed by atoms with E-state index in [0.29, 0.717) is 19.3 Å². The molecule has 64 valence electrons. The van der Waals surface area contributed by atoms with Gasteiger partial charge in [-0.1, -0.05) is 6.92 Å². The molecule has 4 heteroatoms. The zero-order chi connectivity index (χ0) is 8.85. The first-order chi connectivity index (χ1) is 5.02. The quantitative estimate of drug-likeness (QED) is 0.633. The molecule has 0 amide bonds. The number of carbonyl (C=O) groups excluding carboxylic acids is 2. The van der Waals surface area contributed by atoms with Gasteiger partial charge in [0.2, 0.25) is 10.5 Å². The molecular formula is C7H10Cl2O2. The maximum Gasteiger partial charge on any atom is 0.221 e. The summed E-state index contributed by atoms with van der Waals surface area (Å²) in [6.45, 7) is 1.86. The predicted octanol–water partition coefficient (Wildman–Crippen LogP) is 2.32. The van der Waals surface area contributed by atoms with E-state index in [-0.39, 0.29) is 16.4 Å². The topological polar surface area (TPSA) is 34.1 Å². The average Bonchev–Trinajstić information content (AvgIpc) is 1.82. The Balaban J connectivity index is 3.44. The lowest BCUT2D eigenvalue weighted by Crippen LogP contribution is -2.01. The Kier molecular flexibility index (Phi) is 5.51. The molecule has 0 radical (unpaired) electrons. The Morgan fingerprint density at radius 3 is 2.18 bits per heavy atom. The van der Waals surface area contributed by atoms with E-state index in [9.17, 15) is 9.59 Å². The molecular weight excluding hydrogens is 187 g/mol. The highest BCUT2D eigenvalue weighted by Gasteiger charge is 2.07. The van der Waals surface area contributed by atoms with Gasteiger partial charge in [-0.2, -0.15) is 0 Å². The maximum absolute atomic E-state index is 10.3. The van der Waals surface area contributed by atoms with Gasteiger partial charge in [0.15, 0.2) is 0 Å². The van der Waals surface area contributed by atoms with Crippen LogP contribution in [0.4, 0.5) is 0 Å². The fourth-order valence-corrected chi connectivity index (χ4v) is 1.11. The summed E-state index contributed by atoms with van der Waals surface area (Å²) in [7, 11) is 0. The van der Waals surface area contributed by atoms with Crippen LogP contribution in [0.25, 0.3) is 0 Å².